The van der Waals surface area contributed by atoms with Gasteiger partial charge in [-0.1, -0.05) is 36.4 Å². The third-order valence-electron chi connectivity index (χ3n) is 3.34. The molecular formula is C15H15NOS. The van der Waals surface area contributed by atoms with Crippen LogP contribution in [0, 0.1) is 0 Å². The summed E-state index contributed by atoms with van der Waals surface area (Å²) in [4.78, 5) is 1.05. The molecule has 1 aliphatic rings. The van der Waals surface area contributed by atoms with Crippen LogP contribution in [0.1, 0.15) is 17.2 Å². The molecule has 0 aliphatic heterocycles. The van der Waals surface area contributed by atoms with Crippen LogP contribution in [0.3, 0.4) is 0 Å². The van der Waals surface area contributed by atoms with Crippen LogP contribution >= 0.6 is 11.8 Å². The average Bonchev–Trinajstić information content (AvgIpc) is 2.70. The molecule has 0 fully saturated rings. The number of nitrogens with two attached hydrogens (primary N) is 1. The maximum absolute atomic E-state index is 10.3. The minimum Gasteiger partial charge on any atom is -0.398 e. The summed E-state index contributed by atoms with van der Waals surface area (Å²) < 4.78 is 0. The van der Waals surface area contributed by atoms with Crippen molar-refractivity contribution in [3.63, 3.8) is 0 Å². The van der Waals surface area contributed by atoms with Gasteiger partial charge in [-0.2, -0.15) is 0 Å². The lowest BCUT2D eigenvalue weighted by molar-refractivity contribution is 0.185. The lowest BCUT2D eigenvalue weighted by atomic mass is 10.1. The quantitative estimate of drug-likeness (QED) is 0.813. The number of hydrogen-bond acceptors (Lipinski definition) is 3. The molecule has 0 unspecified atom stereocenters. The monoisotopic (exact) mass is 257 g/mol. The van der Waals surface area contributed by atoms with E-state index in [1.807, 2.05) is 42.5 Å². The van der Waals surface area contributed by atoms with Crippen LogP contribution in [-0.4, -0.2) is 10.4 Å². The lowest BCUT2D eigenvalue weighted by Crippen LogP contribution is -2.09. The van der Waals surface area contributed by atoms with Gasteiger partial charge in [-0.3, -0.25) is 0 Å². The van der Waals surface area contributed by atoms with Gasteiger partial charge in [0.15, 0.2) is 0 Å². The first-order valence-corrected chi connectivity index (χ1v) is 6.90. The number of thioether (sulfide) groups is 1. The Morgan fingerprint density at radius 3 is 2.56 bits per heavy atom. The number of hydrogen-bond donors (Lipinski definition) is 2. The Balaban J connectivity index is 1.83. The van der Waals surface area contributed by atoms with Crippen molar-refractivity contribution in [2.45, 2.75) is 22.7 Å². The van der Waals surface area contributed by atoms with Crippen molar-refractivity contribution in [1.82, 2.24) is 0 Å². The van der Waals surface area contributed by atoms with Gasteiger partial charge in [0.05, 0.1) is 6.10 Å². The summed E-state index contributed by atoms with van der Waals surface area (Å²) in [5.41, 5.74) is 9.04. The molecule has 3 heteroatoms. The molecule has 0 saturated carbocycles. The molecule has 0 radical (unpaired) electrons. The van der Waals surface area contributed by atoms with Crippen molar-refractivity contribution in [1.29, 1.82) is 0 Å². The van der Waals surface area contributed by atoms with Gasteiger partial charge in [0.2, 0.25) is 0 Å². The van der Waals surface area contributed by atoms with Crippen LogP contribution in [-0.2, 0) is 6.42 Å². The third kappa shape index (κ3) is 2.00. The number of benzene rings is 2. The van der Waals surface area contributed by atoms with Gasteiger partial charge in [0.1, 0.15) is 0 Å². The number of aliphatic hydroxyl groups is 1. The Kier molecular flexibility index (Phi) is 3.02. The van der Waals surface area contributed by atoms with E-state index in [1.54, 1.807) is 11.8 Å². The van der Waals surface area contributed by atoms with Gasteiger partial charge >= 0.3 is 0 Å². The molecule has 0 spiro atoms. The molecule has 0 bridgehead atoms. The van der Waals surface area contributed by atoms with Gasteiger partial charge in [0.25, 0.3) is 0 Å². The summed E-state index contributed by atoms with van der Waals surface area (Å²) in [5, 5.41) is 10.5. The van der Waals surface area contributed by atoms with Gasteiger partial charge < -0.3 is 10.8 Å². The summed E-state index contributed by atoms with van der Waals surface area (Å²) >= 11 is 1.67. The minimum atomic E-state index is -0.397. The van der Waals surface area contributed by atoms with E-state index in [4.69, 9.17) is 5.73 Å². The fraction of sp³-hybridized carbons (Fsp3) is 0.200. The normalized spacial score (nSPS) is 21.8. The fourth-order valence-corrected chi connectivity index (χ4v) is 3.62. The van der Waals surface area contributed by atoms with Gasteiger partial charge in [0, 0.05) is 15.8 Å². The number of aliphatic hydroxyl groups excluding tert-OH is 1. The molecule has 18 heavy (non-hydrogen) atoms. The first-order chi connectivity index (χ1) is 8.75. The topological polar surface area (TPSA) is 46.2 Å². The van der Waals surface area contributed by atoms with Gasteiger partial charge in [-0.05, 0) is 29.7 Å². The van der Waals surface area contributed by atoms with Gasteiger partial charge in [-0.25, -0.2) is 0 Å². The Hall–Kier alpha value is -1.45. The van der Waals surface area contributed by atoms with Crippen LogP contribution in [0.5, 0.6) is 0 Å². The summed E-state index contributed by atoms with van der Waals surface area (Å²) in [7, 11) is 0. The van der Waals surface area contributed by atoms with Crippen molar-refractivity contribution in [2.24, 2.45) is 0 Å². The zero-order valence-electron chi connectivity index (χ0n) is 9.91. The number of nitrogen functional groups attached to an aromatic ring is 1. The largest absolute Gasteiger partial charge is 0.398 e. The SMILES string of the molecule is Nc1ccccc1S[C@@H]1Cc2ccccc2[C@@H]1O. The van der Waals surface area contributed by atoms with Crippen molar-refractivity contribution in [3.05, 3.63) is 59.7 Å². The van der Waals surface area contributed by atoms with E-state index in [2.05, 4.69) is 6.07 Å². The van der Waals surface area contributed by atoms with E-state index in [0.29, 0.717) is 0 Å². The highest BCUT2D eigenvalue weighted by molar-refractivity contribution is 8.00. The zero-order chi connectivity index (χ0) is 12.5. The Labute approximate surface area is 111 Å². The molecule has 2 nitrogen and oxygen atoms in total. The first-order valence-electron chi connectivity index (χ1n) is 6.03. The average molecular weight is 257 g/mol. The predicted molar refractivity (Wildman–Crippen MR) is 75.6 cm³/mol. The second kappa shape index (κ2) is 4.67. The van der Waals surface area contributed by atoms with E-state index >= 15 is 0 Å². The zero-order valence-corrected chi connectivity index (χ0v) is 10.7. The van der Waals surface area contributed by atoms with E-state index in [9.17, 15) is 5.11 Å². The molecule has 0 aromatic heterocycles. The molecular weight excluding hydrogens is 242 g/mol. The number of rotatable bonds is 2. The minimum absolute atomic E-state index is 0.159. The highest BCUT2D eigenvalue weighted by Crippen LogP contribution is 2.42. The van der Waals surface area contributed by atoms with E-state index in [-0.39, 0.29) is 5.25 Å². The summed E-state index contributed by atoms with van der Waals surface area (Å²) in [5.74, 6) is 0. The molecule has 2 aromatic rings. The number of anilines is 1. The predicted octanol–water partition coefficient (Wildman–Crippen LogP) is 3.02. The van der Waals surface area contributed by atoms with Crippen LogP contribution in [0.4, 0.5) is 5.69 Å². The highest BCUT2D eigenvalue weighted by atomic mass is 32.2. The fourth-order valence-electron chi connectivity index (χ4n) is 2.39. The van der Waals surface area contributed by atoms with Crippen molar-refractivity contribution in [2.75, 3.05) is 5.73 Å². The number of para-hydroxylation sites is 1. The third-order valence-corrected chi connectivity index (χ3v) is 4.70. The van der Waals surface area contributed by atoms with Crippen LogP contribution in [0.25, 0.3) is 0 Å². The Bertz CT molecular complexity index is 570. The Morgan fingerprint density at radius 1 is 1.06 bits per heavy atom. The van der Waals surface area contributed by atoms with Crippen LogP contribution < -0.4 is 5.73 Å². The maximum atomic E-state index is 10.3. The standard InChI is InChI=1S/C15H15NOS/c16-12-7-3-4-8-13(12)18-14-9-10-5-1-2-6-11(10)15(14)17/h1-8,14-15,17H,9,16H2/t14-,15+/m1/s1. The molecule has 3 N–H and O–H groups in total. The van der Waals surface area contributed by atoms with Crippen molar-refractivity contribution >= 4 is 17.4 Å². The molecule has 2 atom stereocenters. The molecule has 0 amide bonds. The second-order valence-electron chi connectivity index (χ2n) is 4.54. The summed E-state index contributed by atoms with van der Waals surface area (Å²) in [6.07, 6.45) is 0.502. The van der Waals surface area contributed by atoms with E-state index < -0.39 is 6.10 Å². The molecule has 1 aliphatic carbocycles. The van der Waals surface area contributed by atoms with Crippen LogP contribution in [0.15, 0.2) is 53.4 Å². The van der Waals surface area contributed by atoms with Gasteiger partial charge in [-0.15, -0.1) is 11.8 Å². The molecule has 3 rings (SSSR count). The smallest absolute Gasteiger partial charge is 0.0917 e. The number of fused-ring (bicyclic) bond motifs is 1. The highest BCUT2D eigenvalue weighted by Gasteiger charge is 2.31. The molecule has 0 saturated heterocycles. The van der Waals surface area contributed by atoms with Crippen molar-refractivity contribution < 1.29 is 5.11 Å². The maximum Gasteiger partial charge on any atom is 0.0917 e. The van der Waals surface area contributed by atoms with E-state index in [0.717, 1.165) is 22.6 Å². The second-order valence-corrected chi connectivity index (χ2v) is 5.82. The summed E-state index contributed by atoms with van der Waals surface area (Å²) in [6.45, 7) is 0. The van der Waals surface area contributed by atoms with Crippen molar-refractivity contribution in [3.8, 4) is 0 Å². The molecule has 0 heterocycles. The Morgan fingerprint density at radius 2 is 1.78 bits per heavy atom. The summed E-state index contributed by atoms with van der Waals surface area (Å²) in [6, 6.07) is 15.9. The molecule has 92 valence electrons. The molecule has 2 aromatic carbocycles. The van der Waals surface area contributed by atoms with Crippen LogP contribution in [0.2, 0.25) is 0 Å². The first kappa shape index (κ1) is 11.6. The van der Waals surface area contributed by atoms with E-state index in [1.165, 1.54) is 5.56 Å². The lowest BCUT2D eigenvalue weighted by Gasteiger charge is -2.15.